The van der Waals surface area contributed by atoms with Crippen LogP contribution in [0.4, 0.5) is 11.4 Å². The van der Waals surface area contributed by atoms with Gasteiger partial charge in [-0.2, -0.15) is 0 Å². The van der Waals surface area contributed by atoms with Gasteiger partial charge in [-0.15, -0.1) is 0 Å². The number of fused-ring (bicyclic) bond motifs is 3. The van der Waals surface area contributed by atoms with Crippen LogP contribution in [0.1, 0.15) is 77.6 Å². The summed E-state index contributed by atoms with van der Waals surface area (Å²) >= 11 is 0. The van der Waals surface area contributed by atoms with Crippen molar-refractivity contribution in [3.8, 4) is 17.3 Å². The minimum Gasteiger partial charge on any atom is -0.457 e. The van der Waals surface area contributed by atoms with Gasteiger partial charge < -0.3 is 14.5 Å². The lowest BCUT2D eigenvalue weighted by molar-refractivity contribution is 0.480. The second-order valence-electron chi connectivity index (χ2n) is 17.1. The summed E-state index contributed by atoms with van der Waals surface area (Å²) in [4.78, 5) is 9.48. The lowest BCUT2D eigenvalue weighted by atomic mass is 9.78. The largest absolute Gasteiger partial charge is 0.457 e. The summed E-state index contributed by atoms with van der Waals surface area (Å²) in [6.07, 6.45) is 6.24. The maximum atomic E-state index is 6.80. The Labute approximate surface area is 320 Å². The topological polar surface area (TPSA) is 33.5 Å². The predicted octanol–water partition coefficient (Wildman–Crippen LogP) is 12.6. The van der Waals surface area contributed by atoms with Crippen molar-refractivity contribution in [2.45, 2.75) is 71.6 Å². The highest BCUT2D eigenvalue weighted by Crippen LogP contribution is 2.43. The first kappa shape index (κ1) is 35.2. The van der Waals surface area contributed by atoms with Crippen LogP contribution in [-0.2, 0) is 16.2 Å². The molecule has 0 spiro atoms. The van der Waals surface area contributed by atoms with Crippen molar-refractivity contribution in [3.63, 3.8) is 0 Å². The second kappa shape index (κ2) is 13.2. The molecule has 0 N–H and O–H groups in total. The van der Waals surface area contributed by atoms with E-state index in [9.17, 15) is 0 Å². The third kappa shape index (κ3) is 6.53. The Balaban J connectivity index is 1.12. The number of rotatable bonds is 7. The van der Waals surface area contributed by atoms with Crippen molar-refractivity contribution in [3.05, 3.63) is 168 Å². The summed E-state index contributed by atoms with van der Waals surface area (Å²) in [6, 6.07) is 45.5. The maximum Gasteiger partial charge on any atom is 0.137 e. The van der Waals surface area contributed by atoms with Crippen LogP contribution in [-0.4, -0.2) is 16.2 Å². The first-order valence-corrected chi connectivity index (χ1v) is 19.0. The van der Waals surface area contributed by atoms with Crippen LogP contribution in [0.2, 0.25) is 0 Å². The summed E-state index contributed by atoms with van der Waals surface area (Å²) < 4.78 is 9.10. The van der Waals surface area contributed by atoms with Gasteiger partial charge in [0.1, 0.15) is 17.3 Å². The molecule has 1 aliphatic heterocycles. The smallest absolute Gasteiger partial charge is 0.137 e. The first-order chi connectivity index (χ1) is 25.8. The Kier molecular flexibility index (Phi) is 8.64. The highest BCUT2D eigenvalue weighted by atomic mass is 16.5. The van der Waals surface area contributed by atoms with Gasteiger partial charge in [0.25, 0.3) is 0 Å². The molecule has 5 nitrogen and oxygen atoms in total. The quantitative estimate of drug-likeness (QED) is 0.165. The maximum absolute atomic E-state index is 6.80. The number of benzene rings is 5. The van der Waals surface area contributed by atoms with Gasteiger partial charge in [0.2, 0.25) is 0 Å². The van der Waals surface area contributed by atoms with E-state index in [1.165, 1.54) is 38.7 Å². The molecular formula is C49H50N4O. The molecule has 8 rings (SSSR count). The highest BCUT2D eigenvalue weighted by Gasteiger charge is 2.27. The predicted molar refractivity (Wildman–Crippen MR) is 226 cm³/mol. The molecule has 0 amide bonds. The number of aromatic nitrogens is 2. The van der Waals surface area contributed by atoms with E-state index in [1.807, 2.05) is 12.3 Å². The Hall–Kier alpha value is -5.81. The molecule has 0 aliphatic carbocycles. The average Bonchev–Trinajstić information content (AvgIpc) is 3.78. The van der Waals surface area contributed by atoms with Crippen LogP contribution < -0.4 is 14.5 Å². The van der Waals surface area contributed by atoms with Crippen molar-refractivity contribution in [2.75, 3.05) is 16.5 Å². The van der Waals surface area contributed by atoms with Crippen LogP contribution in [0.25, 0.3) is 27.6 Å². The molecule has 1 aliphatic rings. The molecule has 7 aromatic rings. The fourth-order valence-corrected chi connectivity index (χ4v) is 7.69. The molecule has 272 valence electrons. The van der Waals surface area contributed by atoms with Crippen molar-refractivity contribution < 1.29 is 4.74 Å². The van der Waals surface area contributed by atoms with Crippen LogP contribution in [0.5, 0.6) is 11.5 Å². The van der Waals surface area contributed by atoms with Gasteiger partial charge in [-0.1, -0.05) is 122 Å². The third-order valence-electron chi connectivity index (χ3n) is 10.9. The number of anilines is 2. The molecule has 5 heteroatoms. The Morgan fingerprint density at radius 2 is 1.20 bits per heavy atom. The van der Waals surface area contributed by atoms with E-state index in [2.05, 4.69) is 203 Å². The van der Waals surface area contributed by atoms with Gasteiger partial charge in [0, 0.05) is 58.3 Å². The third-order valence-corrected chi connectivity index (χ3v) is 10.9. The molecule has 0 fully saturated rings. The summed E-state index contributed by atoms with van der Waals surface area (Å²) in [7, 11) is 0. The standard InChI is InChI=1S/C49H50N4O/c1-47(2,3)35-24-25-50-45(29-35)53-43-23-13-12-22-41(43)46-42(48(4,5)6)31-40(32-44(46)53)54-39-21-15-20-38(30-39)52-27-26-51(33-52)37-19-14-18-36(28-37)49(7,8)34-16-10-9-11-17-34/h9-32H,33H2,1-8H3. The second-order valence-corrected chi connectivity index (χ2v) is 17.1. The molecule has 0 unspecified atom stereocenters. The zero-order valence-corrected chi connectivity index (χ0v) is 32.8. The van der Waals surface area contributed by atoms with E-state index >= 15 is 0 Å². The lowest BCUT2D eigenvalue weighted by Gasteiger charge is -2.28. The normalized spacial score (nSPS) is 13.7. The minimum absolute atomic E-state index is 0.00279. The summed E-state index contributed by atoms with van der Waals surface area (Å²) in [5.74, 6) is 2.50. The van der Waals surface area contributed by atoms with Gasteiger partial charge in [0.15, 0.2) is 0 Å². The van der Waals surface area contributed by atoms with E-state index in [1.54, 1.807) is 0 Å². The van der Waals surface area contributed by atoms with E-state index in [0.717, 1.165) is 34.0 Å². The Morgan fingerprint density at radius 1 is 0.537 bits per heavy atom. The summed E-state index contributed by atoms with van der Waals surface area (Å²) in [6.45, 7) is 18.9. The van der Waals surface area contributed by atoms with Crippen molar-refractivity contribution in [2.24, 2.45) is 0 Å². The van der Waals surface area contributed by atoms with E-state index < -0.39 is 0 Å². The molecule has 0 saturated heterocycles. The Bertz CT molecular complexity index is 2510. The molecule has 0 bridgehead atoms. The number of nitrogens with zero attached hydrogens (tertiary/aromatic N) is 4. The molecule has 5 aromatic carbocycles. The van der Waals surface area contributed by atoms with E-state index in [-0.39, 0.29) is 16.2 Å². The zero-order valence-electron chi connectivity index (χ0n) is 32.8. The molecule has 2 aromatic heterocycles. The lowest BCUT2D eigenvalue weighted by Crippen LogP contribution is -2.25. The average molecular weight is 711 g/mol. The summed E-state index contributed by atoms with van der Waals surface area (Å²) in [5.41, 5.74) is 9.30. The van der Waals surface area contributed by atoms with Crippen molar-refractivity contribution >= 4 is 33.2 Å². The van der Waals surface area contributed by atoms with Gasteiger partial charge >= 0.3 is 0 Å². The molecule has 0 atom stereocenters. The van der Waals surface area contributed by atoms with Gasteiger partial charge in [0.05, 0.1) is 17.7 Å². The van der Waals surface area contributed by atoms with Gasteiger partial charge in [-0.05, 0) is 81.6 Å². The monoisotopic (exact) mass is 710 g/mol. The first-order valence-electron chi connectivity index (χ1n) is 19.0. The number of ether oxygens (including phenoxy) is 1. The molecule has 0 saturated carbocycles. The molecule has 54 heavy (non-hydrogen) atoms. The fourth-order valence-electron chi connectivity index (χ4n) is 7.69. The molecule has 3 heterocycles. The van der Waals surface area contributed by atoms with Gasteiger partial charge in [-0.25, -0.2) is 4.98 Å². The zero-order chi connectivity index (χ0) is 37.8. The van der Waals surface area contributed by atoms with Gasteiger partial charge in [-0.3, -0.25) is 4.57 Å². The van der Waals surface area contributed by atoms with Crippen LogP contribution in [0.3, 0.4) is 0 Å². The van der Waals surface area contributed by atoms with E-state index in [4.69, 9.17) is 9.72 Å². The molecule has 0 radical (unpaired) electrons. The SMILES string of the molecule is CC(C)(C)c1ccnc(-n2c3ccccc3c3c(C(C)(C)C)cc(Oc4cccc(N5C=CN(c6cccc(C(C)(C)c7ccccc7)c6)C5)c4)cc32)c1. The summed E-state index contributed by atoms with van der Waals surface area (Å²) in [5, 5.41) is 2.45. The van der Waals surface area contributed by atoms with Crippen molar-refractivity contribution in [1.29, 1.82) is 0 Å². The van der Waals surface area contributed by atoms with Crippen molar-refractivity contribution in [1.82, 2.24) is 9.55 Å². The number of hydrogen-bond acceptors (Lipinski definition) is 4. The fraction of sp³-hybridized carbons (Fsp3) is 0.245. The molecular weight excluding hydrogens is 661 g/mol. The number of hydrogen-bond donors (Lipinski definition) is 0. The minimum atomic E-state index is -0.132. The highest BCUT2D eigenvalue weighted by molar-refractivity contribution is 6.11. The Morgan fingerprint density at radius 3 is 1.93 bits per heavy atom. The number of para-hydroxylation sites is 1. The number of pyridine rings is 1. The van der Waals surface area contributed by atoms with Crippen LogP contribution in [0, 0.1) is 0 Å². The van der Waals surface area contributed by atoms with Crippen LogP contribution >= 0.6 is 0 Å². The van der Waals surface area contributed by atoms with Crippen LogP contribution in [0.15, 0.2) is 146 Å². The van der Waals surface area contributed by atoms with E-state index in [0.29, 0.717) is 6.67 Å².